The maximum Gasteiger partial charge on any atom is 0.234 e. The molecule has 0 aliphatic heterocycles. The molecular weight excluding hydrogens is 346 g/mol. The molecule has 1 amide bonds. The zero-order chi connectivity index (χ0) is 18.4. The fourth-order valence-corrected chi connectivity index (χ4v) is 3.29. The fraction of sp³-hybridized carbons (Fsp3) is 0.200. The van der Waals surface area contributed by atoms with Crippen LogP contribution in [0.1, 0.15) is 16.8 Å². The van der Waals surface area contributed by atoms with Gasteiger partial charge in [0.05, 0.1) is 18.1 Å². The predicted molar refractivity (Wildman–Crippen MR) is 104 cm³/mol. The molecule has 2 aromatic carbocycles. The SMILES string of the molecule is Cc1ccc(Cn2cc(CO)nc2SCC(=O)Nc2ccccc2)cc1. The van der Waals surface area contributed by atoms with Crippen LogP contribution in [0, 0.1) is 6.92 Å². The van der Waals surface area contributed by atoms with Crippen LogP contribution in [0.25, 0.3) is 0 Å². The molecule has 0 aliphatic carbocycles. The minimum absolute atomic E-state index is 0.0864. The lowest BCUT2D eigenvalue weighted by molar-refractivity contribution is -0.113. The van der Waals surface area contributed by atoms with Crippen molar-refractivity contribution in [1.29, 1.82) is 0 Å². The van der Waals surface area contributed by atoms with Gasteiger partial charge in [0.15, 0.2) is 5.16 Å². The number of aliphatic hydroxyl groups excluding tert-OH is 1. The minimum Gasteiger partial charge on any atom is -0.390 e. The molecule has 3 rings (SSSR count). The van der Waals surface area contributed by atoms with Crippen molar-refractivity contribution in [1.82, 2.24) is 9.55 Å². The number of benzene rings is 2. The van der Waals surface area contributed by atoms with Gasteiger partial charge in [-0.25, -0.2) is 4.98 Å². The Hall–Kier alpha value is -2.57. The highest BCUT2D eigenvalue weighted by atomic mass is 32.2. The summed E-state index contributed by atoms with van der Waals surface area (Å²) in [4.78, 5) is 16.6. The first-order valence-corrected chi connectivity index (χ1v) is 9.33. The van der Waals surface area contributed by atoms with Crippen LogP contribution in [0.3, 0.4) is 0 Å². The quantitative estimate of drug-likeness (QED) is 0.628. The molecule has 0 fully saturated rings. The van der Waals surface area contributed by atoms with Gasteiger partial charge in [0.1, 0.15) is 0 Å². The summed E-state index contributed by atoms with van der Waals surface area (Å²) in [6.45, 7) is 2.58. The van der Waals surface area contributed by atoms with Gasteiger partial charge in [-0.2, -0.15) is 0 Å². The topological polar surface area (TPSA) is 67.1 Å². The molecule has 0 saturated carbocycles. The second-order valence-corrected chi connectivity index (χ2v) is 6.93. The Labute approximate surface area is 157 Å². The number of aliphatic hydroxyl groups is 1. The van der Waals surface area contributed by atoms with Crippen molar-refractivity contribution in [2.45, 2.75) is 25.2 Å². The van der Waals surface area contributed by atoms with E-state index >= 15 is 0 Å². The largest absolute Gasteiger partial charge is 0.390 e. The lowest BCUT2D eigenvalue weighted by Crippen LogP contribution is -2.14. The number of nitrogens with zero attached hydrogens (tertiary/aromatic N) is 2. The van der Waals surface area contributed by atoms with Gasteiger partial charge in [0, 0.05) is 18.4 Å². The number of hydrogen-bond donors (Lipinski definition) is 2. The van der Waals surface area contributed by atoms with Gasteiger partial charge in [-0.05, 0) is 24.6 Å². The van der Waals surface area contributed by atoms with Gasteiger partial charge in [0.25, 0.3) is 0 Å². The first kappa shape index (κ1) is 18.2. The van der Waals surface area contributed by atoms with Crippen molar-refractivity contribution < 1.29 is 9.90 Å². The van der Waals surface area contributed by atoms with E-state index in [0.717, 1.165) is 16.4 Å². The molecule has 0 radical (unpaired) electrons. The van der Waals surface area contributed by atoms with Crippen LogP contribution in [0.15, 0.2) is 66.0 Å². The zero-order valence-electron chi connectivity index (χ0n) is 14.6. The Bertz CT molecular complexity index is 861. The number of rotatable bonds is 7. The molecule has 1 heterocycles. The summed E-state index contributed by atoms with van der Waals surface area (Å²) in [5.41, 5.74) is 3.73. The Balaban J connectivity index is 1.66. The third-order valence-corrected chi connectivity index (χ3v) is 4.81. The summed E-state index contributed by atoms with van der Waals surface area (Å²) >= 11 is 1.36. The number of imidazole rings is 1. The van der Waals surface area contributed by atoms with E-state index in [9.17, 15) is 9.90 Å². The second-order valence-electron chi connectivity index (χ2n) is 5.99. The van der Waals surface area contributed by atoms with Gasteiger partial charge in [0.2, 0.25) is 5.91 Å². The summed E-state index contributed by atoms with van der Waals surface area (Å²) in [6.07, 6.45) is 1.83. The molecule has 1 aromatic heterocycles. The number of amides is 1. The van der Waals surface area contributed by atoms with Crippen molar-refractivity contribution in [3.8, 4) is 0 Å². The number of aryl methyl sites for hydroxylation is 1. The van der Waals surface area contributed by atoms with E-state index < -0.39 is 0 Å². The molecular formula is C20H21N3O2S. The fourth-order valence-electron chi connectivity index (χ4n) is 2.49. The molecule has 0 unspecified atom stereocenters. The van der Waals surface area contributed by atoms with Crippen LogP contribution in [0.2, 0.25) is 0 Å². The first-order chi connectivity index (χ1) is 12.6. The zero-order valence-corrected chi connectivity index (χ0v) is 15.4. The van der Waals surface area contributed by atoms with Crippen LogP contribution in [0.4, 0.5) is 5.69 Å². The molecule has 26 heavy (non-hydrogen) atoms. The van der Waals surface area contributed by atoms with E-state index in [2.05, 4.69) is 41.5 Å². The molecule has 0 atom stereocenters. The number of carbonyl (C=O) groups excluding carboxylic acids is 1. The molecule has 134 valence electrons. The summed E-state index contributed by atoms with van der Waals surface area (Å²) in [7, 11) is 0. The van der Waals surface area contributed by atoms with Crippen molar-refractivity contribution in [2.75, 3.05) is 11.1 Å². The van der Waals surface area contributed by atoms with Crippen LogP contribution in [-0.4, -0.2) is 26.3 Å². The van der Waals surface area contributed by atoms with Crippen LogP contribution in [0.5, 0.6) is 0 Å². The smallest absolute Gasteiger partial charge is 0.234 e. The second kappa shape index (κ2) is 8.69. The molecule has 0 saturated heterocycles. The maximum atomic E-state index is 12.2. The van der Waals surface area contributed by atoms with Crippen molar-refractivity contribution in [3.05, 3.63) is 77.6 Å². The number of nitrogens with one attached hydrogen (secondary N) is 1. The predicted octanol–water partition coefficient (Wildman–Crippen LogP) is 3.46. The first-order valence-electron chi connectivity index (χ1n) is 8.34. The average molecular weight is 367 g/mol. The maximum absolute atomic E-state index is 12.2. The number of carbonyl (C=O) groups is 1. The molecule has 0 aliphatic rings. The van der Waals surface area contributed by atoms with Gasteiger partial charge < -0.3 is 15.0 Å². The molecule has 0 bridgehead atoms. The standard InChI is InChI=1S/C20H21N3O2S/c1-15-7-9-16(10-8-15)11-23-12-18(13-24)22-20(23)26-14-19(25)21-17-5-3-2-4-6-17/h2-10,12,24H,11,13-14H2,1H3,(H,21,25). The minimum atomic E-state index is -0.120. The lowest BCUT2D eigenvalue weighted by atomic mass is 10.1. The van der Waals surface area contributed by atoms with Gasteiger partial charge in [-0.3, -0.25) is 4.79 Å². The Kier molecular flexibility index (Phi) is 6.09. The Morgan fingerprint density at radius 2 is 1.88 bits per heavy atom. The third-order valence-electron chi connectivity index (χ3n) is 3.82. The van der Waals surface area contributed by atoms with Crippen molar-refractivity contribution in [2.24, 2.45) is 0 Å². The van der Waals surface area contributed by atoms with Gasteiger partial charge >= 0.3 is 0 Å². The van der Waals surface area contributed by atoms with Gasteiger partial charge in [-0.15, -0.1) is 0 Å². The van der Waals surface area contributed by atoms with E-state index in [4.69, 9.17) is 0 Å². The van der Waals surface area contributed by atoms with E-state index in [0.29, 0.717) is 12.2 Å². The molecule has 2 N–H and O–H groups in total. The van der Waals surface area contributed by atoms with E-state index in [-0.39, 0.29) is 18.3 Å². The van der Waals surface area contributed by atoms with Crippen LogP contribution >= 0.6 is 11.8 Å². The van der Waals surface area contributed by atoms with Crippen LogP contribution in [-0.2, 0) is 17.9 Å². The number of hydrogen-bond acceptors (Lipinski definition) is 4. The van der Waals surface area contributed by atoms with E-state index in [1.807, 2.05) is 41.1 Å². The van der Waals surface area contributed by atoms with E-state index in [1.165, 1.54) is 17.3 Å². The Morgan fingerprint density at radius 1 is 1.15 bits per heavy atom. The van der Waals surface area contributed by atoms with Crippen LogP contribution < -0.4 is 5.32 Å². The average Bonchev–Trinajstić information content (AvgIpc) is 3.05. The lowest BCUT2D eigenvalue weighted by Gasteiger charge is -2.08. The number of aromatic nitrogens is 2. The summed E-state index contributed by atoms with van der Waals surface area (Å²) in [5, 5.41) is 13.0. The molecule has 0 spiro atoms. The number of para-hydroxylation sites is 1. The summed E-state index contributed by atoms with van der Waals surface area (Å²) in [6, 6.07) is 17.7. The van der Waals surface area contributed by atoms with Crippen molar-refractivity contribution in [3.63, 3.8) is 0 Å². The summed E-state index contributed by atoms with van der Waals surface area (Å²) in [5.74, 6) is 0.168. The normalized spacial score (nSPS) is 10.7. The molecule has 6 heteroatoms. The van der Waals surface area contributed by atoms with Crippen molar-refractivity contribution >= 4 is 23.4 Å². The third kappa shape index (κ3) is 4.97. The number of anilines is 1. The highest BCUT2D eigenvalue weighted by molar-refractivity contribution is 7.99. The Morgan fingerprint density at radius 3 is 2.58 bits per heavy atom. The highest BCUT2D eigenvalue weighted by Gasteiger charge is 2.11. The van der Waals surface area contributed by atoms with Gasteiger partial charge in [-0.1, -0.05) is 59.8 Å². The summed E-state index contributed by atoms with van der Waals surface area (Å²) < 4.78 is 1.97. The highest BCUT2D eigenvalue weighted by Crippen LogP contribution is 2.20. The monoisotopic (exact) mass is 367 g/mol. The molecule has 3 aromatic rings. The molecule has 5 nitrogen and oxygen atoms in total. The number of thioether (sulfide) groups is 1. The van der Waals surface area contributed by atoms with E-state index in [1.54, 1.807) is 0 Å².